The number of hydrogen-bond donors (Lipinski definition) is 3. The molecule has 0 aromatic heterocycles. The van der Waals surface area contributed by atoms with E-state index in [-0.39, 0.29) is 30.9 Å². The Morgan fingerprint density at radius 2 is 1.91 bits per heavy atom. The van der Waals surface area contributed by atoms with Crippen LogP contribution < -0.4 is 20.3 Å². The molecule has 0 bridgehead atoms. The number of anilines is 1. The number of quaternary nitrogens is 1. The van der Waals surface area contributed by atoms with Crippen molar-refractivity contribution in [2.75, 3.05) is 32.1 Å². The molecule has 23 heavy (non-hydrogen) atoms. The Hall–Kier alpha value is -1.79. The first kappa shape index (κ1) is 19.3. The summed E-state index contributed by atoms with van der Waals surface area (Å²) in [5, 5.41) is 6.12. The highest BCUT2D eigenvalue weighted by molar-refractivity contribution is 6.31. The predicted octanol–water partition coefficient (Wildman–Crippen LogP) is 0.717. The number of ether oxygens (including phenoxy) is 1. The molecular weight excluding hydrogens is 318 g/mol. The Labute approximate surface area is 142 Å². The summed E-state index contributed by atoms with van der Waals surface area (Å²) in [5.74, 6) is 0.281. The average molecular weight is 343 g/mol. The van der Waals surface area contributed by atoms with E-state index < -0.39 is 0 Å². The van der Waals surface area contributed by atoms with Crippen molar-refractivity contribution in [1.82, 2.24) is 5.32 Å². The lowest BCUT2D eigenvalue weighted by Gasteiger charge is -2.18. The Morgan fingerprint density at radius 3 is 2.48 bits per heavy atom. The summed E-state index contributed by atoms with van der Waals surface area (Å²) in [5.41, 5.74) is 0.520. The number of amides is 2. The van der Waals surface area contributed by atoms with Crippen LogP contribution in [0.2, 0.25) is 5.02 Å². The zero-order valence-corrected chi connectivity index (χ0v) is 14.8. The van der Waals surface area contributed by atoms with Crippen LogP contribution in [0.5, 0.6) is 5.75 Å². The molecule has 2 amide bonds. The fraction of sp³-hybridized carbons (Fsp3) is 0.500. The van der Waals surface area contributed by atoms with Gasteiger partial charge in [-0.1, -0.05) is 11.6 Å². The summed E-state index contributed by atoms with van der Waals surface area (Å²) in [6, 6.07) is 5.11. The smallest absolute Gasteiger partial charge is 0.279 e. The van der Waals surface area contributed by atoms with Crippen molar-refractivity contribution in [3.8, 4) is 5.75 Å². The number of likely N-dealkylation sites (N-methyl/N-ethyl adjacent to an activating group) is 1. The maximum absolute atomic E-state index is 12.2. The molecule has 3 N–H and O–H groups in total. The fourth-order valence-electron chi connectivity index (χ4n) is 2.11. The standard InChI is InChI=1S/C16H24ClN3O3/c1-5-20(9-15(21)18-11(2)3)10-16(22)19-13-8-12(17)6-7-14(13)23-4/h6-8,11H,5,9-10H2,1-4H3,(H,18,21)(H,19,22)/p+1. The van der Waals surface area contributed by atoms with E-state index in [9.17, 15) is 9.59 Å². The number of halogens is 1. The molecule has 0 saturated carbocycles. The van der Waals surface area contributed by atoms with Crippen LogP contribution >= 0.6 is 11.6 Å². The van der Waals surface area contributed by atoms with E-state index >= 15 is 0 Å². The van der Waals surface area contributed by atoms with E-state index in [2.05, 4.69) is 10.6 Å². The van der Waals surface area contributed by atoms with Crippen LogP contribution in [-0.2, 0) is 9.59 Å². The molecular formula is C16H25ClN3O3+. The Bertz CT molecular complexity index is 549. The lowest BCUT2D eigenvalue weighted by atomic mass is 10.3. The molecule has 0 aliphatic carbocycles. The van der Waals surface area contributed by atoms with E-state index in [4.69, 9.17) is 16.3 Å². The second-order valence-corrected chi connectivity index (χ2v) is 6.01. The summed E-state index contributed by atoms with van der Waals surface area (Å²) in [4.78, 5) is 24.9. The number of carbonyl (C=O) groups is 2. The molecule has 6 nitrogen and oxygen atoms in total. The van der Waals surface area contributed by atoms with Crippen molar-refractivity contribution < 1.29 is 19.2 Å². The Balaban J connectivity index is 2.63. The van der Waals surface area contributed by atoms with Gasteiger partial charge in [-0.2, -0.15) is 0 Å². The molecule has 0 fully saturated rings. The topological polar surface area (TPSA) is 71.9 Å². The number of hydrogen-bond acceptors (Lipinski definition) is 3. The maximum atomic E-state index is 12.2. The lowest BCUT2D eigenvalue weighted by Crippen LogP contribution is -3.14. The minimum absolute atomic E-state index is 0.0648. The zero-order chi connectivity index (χ0) is 17.4. The number of methoxy groups -OCH3 is 1. The highest BCUT2D eigenvalue weighted by Crippen LogP contribution is 2.27. The van der Waals surface area contributed by atoms with Crippen LogP contribution in [0, 0.1) is 0 Å². The van der Waals surface area contributed by atoms with Gasteiger partial charge in [-0.05, 0) is 39.0 Å². The van der Waals surface area contributed by atoms with Crippen molar-refractivity contribution >= 4 is 29.1 Å². The first-order chi connectivity index (χ1) is 10.8. The van der Waals surface area contributed by atoms with Crippen LogP contribution in [0.25, 0.3) is 0 Å². The third-order valence-corrected chi connectivity index (χ3v) is 3.44. The summed E-state index contributed by atoms with van der Waals surface area (Å²) in [7, 11) is 1.53. The quantitative estimate of drug-likeness (QED) is 0.652. The van der Waals surface area contributed by atoms with Gasteiger partial charge in [0, 0.05) is 11.1 Å². The van der Waals surface area contributed by atoms with Crippen molar-refractivity contribution in [2.24, 2.45) is 0 Å². The van der Waals surface area contributed by atoms with Crippen LogP contribution in [0.3, 0.4) is 0 Å². The van der Waals surface area contributed by atoms with Gasteiger partial charge >= 0.3 is 0 Å². The molecule has 1 aromatic carbocycles. The van der Waals surface area contributed by atoms with Crippen molar-refractivity contribution in [2.45, 2.75) is 26.8 Å². The van der Waals surface area contributed by atoms with E-state index in [1.54, 1.807) is 18.2 Å². The number of nitrogens with one attached hydrogen (secondary N) is 3. The van der Waals surface area contributed by atoms with E-state index in [1.165, 1.54) is 7.11 Å². The summed E-state index contributed by atoms with van der Waals surface area (Å²) < 4.78 is 5.20. The highest BCUT2D eigenvalue weighted by atomic mass is 35.5. The minimum atomic E-state index is -0.195. The van der Waals surface area contributed by atoms with Crippen LogP contribution in [-0.4, -0.2) is 44.6 Å². The normalized spacial score (nSPS) is 11.9. The molecule has 0 aliphatic rings. The van der Waals surface area contributed by atoms with Gasteiger partial charge in [0.15, 0.2) is 13.1 Å². The van der Waals surface area contributed by atoms with Crippen molar-refractivity contribution in [3.63, 3.8) is 0 Å². The first-order valence-corrected chi connectivity index (χ1v) is 7.99. The van der Waals surface area contributed by atoms with Gasteiger partial charge in [-0.3, -0.25) is 9.59 Å². The maximum Gasteiger partial charge on any atom is 0.279 e. The SMILES string of the molecule is CC[NH+](CC(=O)Nc1cc(Cl)ccc1OC)CC(=O)NC(C)C. The zero-order valence-electron chi connectivity index (χ0n) is 14.0. The minimum Gasteiger partial charge on any atom is -0.495 e. The second-order valence-electron chi connectivity index (χ2n) is 5.57. The van der Waals surface area contributed by atoms with Gasteiger partial charge in [0.25, 0.3) is 11.8 Å². The molecule has 0 radical (unpaired) electrons. The summed E-state index contributed by atoms with van der Waals surface area (Å²) in [6.07, 6.45) is 0. The van der Waals surface area contributed by atoms with Crippen LogP contribution in [0.15, 0.2) is 18.2 Å². The molecule has 0 aliphatic heterocycles. The third-order valence-electron chi connectivity index (χ3n) is 3.21. The summed E-state index contributed by atoms with van der Waals surface area (Å²) in [6.45, 7) is 6.87. The second kappa shape index (κ2) is 9.37. The molecule has 0 heterocycles. The van der Waals surface area contributed by atoms with Gasteiger partial charge in [-0.15, -0.1) is 0 Å². The van der Waals surface area contributed by atoms with Crippen LogP contribution in [0.1, 0.15) is 20.8 Å². The molecule has 128 valence electrons. The number of benzene rings is 1. The van der Waals surface area contributed by atoms with Gasteiger partial charge in [0.2, 0.25) is 0 Å². The lowest BCUT2D eigenvalue weighted by molar-refractivity contribution is -0.881. The van der Waals surface area contributed by atoms with E-state index in [0.717, 1.165) is 4.90 Å². The highest BCUT2D eigenvalue weighted by Gasteiger charge is 2.18. The van der Waals surface area contributed by atoms with Crippen molar-refractivity contribution in [3.05, 3.63) is 23.2 Å². The van der Waals surface area contributed by atoms with E-state index in [1.807, 2.05) is 20.8 Å². The number of carbonyl (C=O) groups excluding carboxylic acids is 2. The predicted molar refractivity (Wildman–Crippen MR) is 91.2 cm³/mol. The molecule has 1 rings (SSSR count). The van der Waals surface area contributed by atoms with Gasteiger partial charge in [0.1, 0.15) is 5.75 Å². The third kappa shape index (κ3) is 6.88. The molecule has 1 aromatic rings. The average Bonchev–Trinajstić information content (AvgIpc) is 2.45. The first-order valence-electron chi connectivity index (χ1n) is 7.62. The Morgan fingerprint density at radius 1 is 1.26 bits per heavy atom. The molecule has 1 unspecified atom stereocenters. The largest absolute Gasteiger partial charge is 0.495 e. The molecule has 7 heteroatoms. The van der Waals surface area contributed by atoms with E-state index in [0.29, 0.717) is 23.0 Å². The van der Waals surface area contributed by atoms with Gasteiger partial charge in [-0.25, -0.2) is 0 Å². The summed E-state index contributed by atoms with van der Waals surface area (Å²) >= 11 is 5.94. The van der Waals surface area contributed by atoms with Crippen molar-refractivity contribution in [1.29, 1.82) is 0 Å². The van der Waals surface area contributed by atoms with Gasteiger partial charge in [0.05, 0.1) is 19.3 Å². The van der Waals surface area contributed by atoms with Crippen LogP contribution in [0.4, 0.5) is 5.69 Å². The monoisotopic (exact) mass is 342 g/mol. The molecule has 0 saturated heterocycles. The molecule has 1 atom stereocenters. The fourth-order valence-corrected chi connectivity index (χ4v) is 2.28. The van der Waals surface area contributed by atoms with Gasteiger partial charge < -0.3 is 20.3 Å². The number of rotatable bonds is 8. The Kier molecular flexibility index (Phi) is 7.85. The molecule has 0 spiro atoms.